The number of rotatable bonds is 3. The van der Waals surface area contributed by atoms with Gasteiger partial charge in [-0.1, -0.05) is 37.3 Å². The zero-order valence-corrected chi connectivity index (χ0v) is 18.2. The fraction of sp³-hybridized carbons (Fsp3) is 0.462. The second-order valence-corrected chi connectivity index (χ2v) is 9.28. The Balaban J connectivity index is 1.24. The van der Waals surface area contributed by atoms with Gasteiger partial charge in [0.2, 0.25) is 11.8 Å². The molecule has 5 heteroatoms. The molecule has 0 N–H and O–H groups in total. The van der Waals surface area contributed by atoms with Gasteiger partial charge in [0.25, 0.3) is 0 Å². The Morgan fingerprint density at radius 2 is 1.81 bits per heavy atom. The zero-order valence-electron chi connectivity index (χ0n) is 18.2. The van der Waals surface area contributed by atoms with E-state index in [1.807, 2.05) is 23.1 Å². The van der Waals surface area contributed by atoms with Gasteiger partial charge >= 0.3 is 0 Å². The molecule has 5 nitrogen and oxygen atoms in total. The largest absolute Gasteiger partial charge is 0.464 e. The van der Waals surface area contributed by atoms with Crippen LogP contribution in [-0.4, -0.2) is 47.8 Å². The van der Waals surface area contributed by atoms with Crippen LogP contribution in [0.25, 0.3) is 21.7 Å². The number of fused-ring (bicyclic) bond motifs is 3. The molecule has 2 amide bonds. The number of likely N-dealkylation sites (tertiary alicyclic amines) is 2. The van der Waals surface area contributed by atoms with Crippen LogP contribution in [0, 0.1) is 11.8 Å². The number of nitrogens with zero attached hydrogens (tertiary/aromatic N) is 2. The average Bonchev–Trinajstić information content (AvgIpc) is 3.22. The van der Waals surface area contributed by atoms with Crippen LogP contribution in [0.5, 0.6) is 0 Å². The van der Waals surface area contributed by atoms with Crippen molar-refractivity contribution in [3.63, 3.8) is 0 Å². The molecule has 0 bridgehead atoms. The van der Waals surface area contributed by atoms with Gasteiger partial charge in [0, 0.05) is 43.0 Å². The molecule has 0 radical (unpaired) electrons. The molecule has 1 unspecified atom stereocenters. The number of furan rings is 1. The molecule has 2 aliphatic heterocycles. The smallest absolute Gasteiger partial charge is 0.227 e. The van der Waals surface area contributed by atoms with E-state index in [2.05, 4.69) is 30.0 Å². The highest BCUT2D eigenvalue weighted by molar-refractivity contribution is 6.08. The Morgan fingerprint density at radius 1 is 1.00 bits per heavy atom. The molecule has 0 spiro atoms. The lowest BCUT2D eigenvalue weighted by atomic mass is 9.92. The fourth-order valence-corrected chi connectivity index (χ4v) is 5.30. The quantitative estimate of drug-likeness (QED) is 0.623. The molecule has 2 aliphatic rings. The molecule has 162 valence electrons. The maximum atomic E-state index is 13.1. The first kappa shape index (κ1) is 20.1. The lowest BCUT2D eigenvalue weighted by Crippen LogP contribution is -2.47. The summed E-state index contributed by atoms with van der Waals surface area (Å²) in [5.41, 5.74) is 1.76. The summed E-state index contributed by atoms with van der Waals surface area (Å²) in [5, 5.41) is 3.31. The molecular formula is C26H30N2O3. The van der Waals surface area contributed by atoms with Crippen molar-refractivity contribution in [2.24, 2.45) is 11.8 Å². The molecule has 5 rings (SSSR count). The van der Waals surface area contributed by atoms with Crippen molar-refractivity contribution in [3.8, 4) is 0 Å². The van der Waals surface area contributed by atoms with Gasteiger partial charge in [0.15, 0.2) is 0 Å². The van der Waals surface area contributed by atoms with E-state index in [0.717, 1.165) is 59.7 Å². The second-order valence-electron chi connectivity index (χ2n) is 9.28. The number of benzene rings is 2. The van der Waals surface area contributed by atoms with Crippen LogP contribution in [0.1, 0.15) is 38.2 Å². The summed E-state index contributed by atoms with van der Waals surface area (Å²) < 4.78 is 5.75. The third-order valence-electron chi connectivity index (χ3n) is 7.05. The molecule has 1 atom stereocenters. The summed E-state index contributed by atoms with van der Waals surface area (Å²) in [5.74, 6) is 1.08. The van der Waals surface area contributed by atoms with Gasteiger partial charge in [-0.3, -0.25) is 9.59 Å². The highest BCUT2D eigenvalue weighted by atomic mass is 16.3. The molecule has 2 saturated heterocycles. The van der Waals surface area contributed by atoms with E-state index in [-0.39, 0.29) is 11.8 Å². The van der Waals surface area contributed by atoms with Gasteiger partial charge in [0.05, 0.1) is 12.7 Å². The van der Waals surface area contributed by atoms with Crippen molar-refractivity contribution in [3.05, 3.63) is 48.2 Å². The minimum absolute atomic E-state index is 0.0630. The summed E-state index contributed by atoms with van der Waals surface area (Å²) in [7, 11) is 0. The Hall–Kier alpha value is -2.82. The first-order valence-corrected chi connectivity index (χ1v) is 11.5. The van der Waals surface area contributed by atoms with Crippen molar-refractivity contribution in [2.75, 3.05) is 26.2 Å². The van der Waals surface area contributed by atoms with Crippen LogP contribution >= 0.6 is 0 Å². The summed E-state index contributed by atoms with van der Waals surface area (Å²) in [6, 6.07) is 12.2. The predicted molar refractivity (Wildman–Crippen MR) is 122 cm³/mol. The van der Waals surface area contributed by atoms with E-state index in [1.54, 1.807) is 6.26 Å². The van der Waals surface area contributed by atoms with Crippen molar-refractivity contribution in [1.29, 1.82) is 0 Å². The molecule has 3 aromatic rings. The molecule has 0 saturated carbocycles. The summed E-state index contributed by atoms with van der Waals surface area (Å²) in [4.78, 5) is 29.9. The standard InChI is InChI=1S/C26H30N2O3/c1-18-5-4-12-28(16-18)26(30)20-10-13-27(14-11-20)24(29)15-21-17-31-23-9-8-19-6-2-3-7-22(19)25(21)23/h2-3,6-9,17-18,20H,4-5,10-16H2,1H3. The van der Waals surface area contributed by atoms with Crippen molar-refractivity contribution in [1.82, 2.24) is 9.80 Å². The zero-order chi connectivity index (χ0) is 21.4. The van der Waals surface area contributed by atoms with Crippen molar-refractivity contribution < 1.29 is 14.0 Å². The minimum Gasteiger partial charge on any atom is -0.464 e. The van der Waals surface area contributed by atoms with Crippen LogP contribution in [0.15, 0.2) is 47.1 Å². The maximum absolute atomic E-state index is 13.1. The van der Waals surface area contributed by atoms with Crippen LogP contribution < -0.4 is 0 Å². The number of carbonyl (C=O) groups is 2. The predicted octanol–water partition coefficient (Wildman–Crippen LogP) is 4.63. The van der Waals surface area contributed by atoms with Crippen LogP contribution in [0.2, 0.25) is 0 Å². The minimum atomic E-state index is 0.0630. The van der Waals surface area contributed by atoms with Crippen LogP contribution in [-0.2, 0) is 16.0 Å². The summed E-state index contributed by atoms with van der Waals surface area (Å²) in [6.07, 6.45) is 5.92. The van der Waals surface area contributed by atoms with E-state index in [4.69, 9.17) is 4.42 Å². The molecule has 3 heterocycles. The number of carbonyl (C=O) groups excluding carboxylic acids is 2. The summed E-state index contributed by atoms with van der Waals surface area (Å²) in [6.45, 7) is 5.33. The highest BCUT2D eigenvalue weighted by Crippen LogP contribution is 2.31. The lowest BCUT2D eigenvalue weighted by Gasteiger charge is -2.37. The Labute approximate surface area is 183 Å². The number of amides is 2. The second kappa shape index (κ2) is 8.37. The third kappa shape index (κ3) is 3.93. The van der Waals surface area contributed by atoms with E-state index in [0.29, 0.717) is 31.3 Å². The van der Waals surface area contributed by atoms with Gasteiger partial charge in [-0.2, -0.15) is 0 Å². The highest BCUT2D eigenvalue weighted by Gasteiger charge is 2.32. The lowest BCUT2D eigenvalue weighted by molar-refractivity contribution is -0.141. The number of hydrogen-bond donors (Lipinski definition) is 0. The maximum Gasteiger partial charge on any atom is 0.227 e. The third-order valence-corrected chi connectivity index (χ3v) is 7.05. The van der Waals surface area contributed by atoms with Gasteiger partial charge in [-0.05, 0) is 48.4 Å². The SMILES string of the molecule is CC1CCCN(C(=O)C2CCN(C(=O)Cc3coc4ccc5ccccc5c34)CC2)C1. The average molecular weight is 419 g/mol. The van der Waals surface area contributed by atoms with Gasteiger partial charge in [0.1, 0.15) is 5.58 Å². The molecule has 2 aromatic carbocycles. The van der Waals surface area contributed by atoms with E-state index in [9.17, 15) is 9.59 Å². The topological polar surface area (TPSA) is 53.8 Å². The molecule has 2 fully saturated rings. The molecule has 1 aromatic heterocycles. The Morgan fingerprint density at radius 3 is 2.61 bits per heavy atom. The first-order chi connectivity index (χ1) is 15.1. The van der Waals surface area contributed by atoms with Crippen LogP contribution in [0.3, 0.4) is 0 Å². The Bertz CT molecular complexity index is 1110. The molecular weight excluding hydrogens is 388 g/mol. The molecule has 31 heavy (non-hydrogen) atoms. The van der Waals surface area contributed by atoms with E-state index in [1.165, 1.54) is 6.42 Å². The van der Waals surface area contributed by atoms with Gasteiger partial charge in [-0.15, -0.1) is 0 Å². The van der Waals surface area contributed by atoms with Gasteiger partial charge in [-0.25, -0.2) is 0 Å². The van der Waals surface area contributed by atoms with Crippen LogP contribution in [0.4, 0.5) is 0 Å². The number of piperidine rings is 2. The normalized spacial score (nSPS) is 20.5. The van der Waals surface area contributed by atoms with E-state index < -0.39 is 0 Å². The van der Waals surface area contributed by atoms with E-state index >= 15 is 0 Å². The van der Waals surface area contributed by atoms with Crippen molar-refractivity contribution in [2.45, 2.75) is 39.0 Å². The summed E-state index contributed by atoms with van der Waals surface area (Å²) >= 11 is 0. The fourth-order valence-electron chi connectivity index (χ4n) is 5.30. The number of hydrogen-bond acceptors (Lipinski definition) is 3. The van der Waals surface area contributed by atoms with Gasteiger partial charge < -0.3 is 14.2 Å². The monoisotopic (exact) mass is 418 g/mol. The molecule has 0 aliphatic carbocycles. The first-order valence-electron chi connectivity index (χ1n) is 11.5. The Kier molecular flexibility index (Phi) is 5.43. The van der Waals surface area contributed by atoms with Crippen molar-refractivity contribution >= 4 is 33.6 Å².